The molecule has 0 heterocycles. The molecule has 1 aliphatic rings. The van der Waals surface area contributed by atoms with Gasteiger partial charge in [-0.2, -0.15) is 0 Å². The second-order valence-electron chi connectivity index (χ2n) is 3.99. The Balaban J connectivity index is 2.34. The highest BCUT2D eigenvalue weighted by molar-refractivity contribution is 9.10. The van der Waals surface area contributed by atoms with Crippen molar-refractivity contribution in [3.8, 4) is 0 Å². The maximum absolute atomic E-state index is 10.8. The normalized spacial score (nSPS) is 30.0. The first-order valence-electron chi connectivity index (χ1n) is 4.53. The third-order valence-electron chi connectivity index (χ3n) is 3.02. The van der Waals surface area contributed by atoms with Crippen LogP contribution in [0.5, 0.6) is 0 Å². The highest BCUT2D eigenvalue weighted by Gasteiger charge is 2.56. The van der Waals surface area contributed by atoms with E-state index in [1.165, 1.54) is 0 Å². The summed E-state index contributed by atoms with van der Waals surface area (Å²) in [5.41, 5.74) is 0.929. The zero-order valence-corrected chi connectivity index (χ0v) is 9.41. The van der Waals surface area contributed by atoms with Crippen LogP contribution < -0.4 is 0 Å². The summed E-state index contributed by atoms with van der Waals surface area (Å²) in [7, 11) is 0. The van der Waals surface area contributed by atoms with Gasteiger partial charge in [0.2, 0.25) is 0 Å². The van der Waals surface area contributed by atoms with Gasteiger partial charge in [0.25, 0.3) is 0 Å². The van der Waals surface area contributed by atoms with Crippen LogP contribution in [-0.2, 0) is 10.2 Å². The Kier molecular flexibility index (Phi) is 2.14. The Labute approximate surface area is 91.1 Å². The lowest BCUT2D eigenvalue weighted by atomic mass is 9.96. The fourth-order valence-corrected chi connectivity index (χ4v) is 2.68. The van der Waals surface area contributed by atoms with E-state index in [4.69, 9.17) is 5.11 Å². The lowest BCUT2D eigenvalue weighted by molar-refractivity contribution is -0.138. The number of carboxylic acid groups (broad SMARTS) is 1. The summed E-state index contributed by atoms with van der Waals surface area (Å²) in [6.07, 6.45) is 0.741. The Morgan fingerprint density at radius 2 is 2.21 bits per heavy atom. The monoisotopic (exact) mass is 254 g/mol. The van der Waals surface area contributed by atoms with Gasteiger partial charge in [-0.05, 0) is 18.1 Å². The highest BCUT2D eigenvalue weighted by Crippen LogP contribution is 2.55. The van der Waals surface area contributed by atoms with Gasteiger partial charge in [0, 0.05) is 9.89 Å². The van der Waals surface area contributed by atoms with Gasteiger partial charge in [-0.15, -0.1) is 0 Å². The van der Waals surface area contributed by atoms with E-state index in [9.17, 15) is 4.79 Å². The maximum Gasteiger partial charge on any atom is 0.307 e. The smallest absolute Gasteiger partial charge is 0.307 e. The molecule has 1 saturated carbocycles. The van der Waals surface area contributed by atoms with Crippen LogP contribution in [0.15, 0.2) is 28.7 Å². The molecule has 2 atom stereocenters. The second kappa shape index (κ2) is 3.09. The predicted molar refractivity (Wildman–Crippen MR) is 57.2 cm³/mol. The van der Waals surface area contributed by atoms with E-state index in [-0.39, 0.29) is 11.3 Å². The van der Waals surface area contributed by atoms with Crippen LogP contribution in [0.1, 0.15) is 18.9 Å². The number of halogens is 1. The molecule has 0 spiro atoms. The van der Waals surface area contributed by atoms with Gasteiger partial charge in [0.05, 0.1) is 5.92 Å². The van der Waals surface area contributed by atoms with E-state index in [0.717, 1.165) is 16.5 Å². The fourth-order valence-electron chi connectivity index (χ4n) is 1.95. The topological polar surface area (TPSA) is 37.3 Å². The largest absolute Gasteiger partial charge is 0.481 e. The van der Waals surface area contributed by atoms with Gasteiger partial charge in [0.15, 0.2) is 0 Å². The quantitative estimate of drug-likeness (QED) is 0.882. The van der Waals surface area contributed by atoms with Crippen LogP contribution in [-0.4, -0.2) is 11.1 Å². The number of hydrogen-bond donors (Lipinski definition) is 1. The molecule has 74 valence electrons. The summed E-state index contributed by atoms with van der Waals surface area (Å²) in [6.45, 7) is 2.01. The Hall–Kier alpha value is -0.830. The minimum absolute atomic E-state index is 0.175. The van der Waals surface area contributed by atoms with E-state index in [2.05, 4.69) is 15.9 Å². The average Bonchev–Trinajstić information content (AvgIpc) is 2.80. The van der Waals surface area contributed by atoms with Crippen LogP contribution in [0, 0.1) is 5.92 Å². The summed E-state index contributed by atoms with van der Waals surface area (Å²) in [4.78, 5) is 10.8. The molecule has 1 aromatic carbocycles. The van der Waals surface area contributed by atoms with E-state index >= 15 is 0 Å². The van der Waals surface area contributed by atoms with Crippen LogP contribution in [0.3, 0.4) is 0 Å². The molecule has 1 unspecified atom stereocenters. The van der Waals surface area contributed by atoms with Crippen LogP contribution in [0.25, 0.3) is 0 Å². The third-order valence-corrected chi connectivity index (χ3v) is 3.72. The maximum atomic E-state index is 10.8. The van der Waals surface area contributed by atoms with Gasteiger partial charge in [-0.25, -0.2) is 0 Å². The van der Waals surface area contributed by atoms with Crippen LogP contribution >= 0.6 is 15.9 Å². The van der Waals surface area contributed by atoms with Gasteiger partial charge in [-0.3, -0.25) is 4.79 Å². The highest BCUT2D eigenvalue weighted by atomic mass is 79.9. The molecule has 1 N–H and O–H groups in total. The SMILES string of the molecule is CC1(c2ccccc2Br)C[C@H]1C(=O)O. The number of carbonyl (C=O) groups is 1. The number of hydrogen-bond acceptors (Lipinski definition) is 1. The van der Waals surface area contributed by atoms with E-state index in [0.29, 0.717) is 0 Å². The Bertz CT molecular complexity index is 389. The zero-order valence-electron chi connectivity index (χ0n) is 7.83. The minimum atomic E-state index is -0.691. The van der Waals surface area contributed by atoms with Crippen molar-refractivity contribution in [2.24, 2.45) is 5.92 Å². The lowest BCUT2D eigenvalue weighted by Crippen LogP contribution is -2.11. The van der Waals surface area contributed by atoms with Gasteiger partial charge >= 0.3 is 5.97 Å². The number of rotatable bonds is 2. The average molecular weight is 255 g/mol. The van der Waals surface area contributed by atoms with Gasteiger partial charge in [-0.1, -0.05) is 41.1 Å². The van der Waals surface area contributed by atoms with Crippen molar-refractivity contribution in [2.45, 2.75) is 18.8 Å². The molecule has 0 bridgehead atoms. The summed E-state index contributed by atoms with van der Waals surface area (Å²) in [5.74, 6) is -0.913. The number of carboxylic acids is 1. The van der Waals surface area contributed by atoms with Crippen molar-refractivity contribution in [3.05, 3.63) is 34.3 Å². The molecule has 2 rings (SSSR count). The van der Waals surface area contributed by atoms with Crippen molar-refractivity contribution in [1.29, 1.82) is 0 Å². The molecule has 0 amide bonds. The van der Waals surface area contributed by atoms with Crippen molar-refractivity contribution < 1.29 is 9.90 Å². The molecule has 0 radical (unpaired) electrons. The van der Waals surface area contributed by atoms with E-state index in [1.807, 2.05) is 31.2 Å². The van der Waals surface area contributed by atoms with Gasteiger partial charge < -0.3 is 5.11 Å². The first kappa shape index (κ1) is 9.71. The number of benzene rings is 1. The molecule has 0 saturated heterocycles. The van der Waals surface area contributed by atoms with Crippen LogP contribution in [0.2, 0.25) is 0 Å². The van der Waals surface area contributed by atoms with E-state index < -0.39 is 5.97 Å². The molecule has 0 aromatic heterocycles. The number of aliphatic carboxylic acids is 1. The fraction of sp³-hybridized carbons (Fsp3) is 0.364. The molecule has 0 aliphatic heterocycles. The first-order valence-corrected chi connectivity index (χ1v) is 5.33. The molecule has 1 aliphatic carbocycles. The van der Waals surface area contributed by atoms with Crippen molar-refractivity contribution >= 4 is 21.9 Å². The minimum Gasteiger partial charge on any atom is -0.481 e. The standard InChI is InChI=1S/C11H11BrO2/c1-11(6-8(11)10(13)14)7-4-2-3-5-9(7)12/h2-5,8H,6H2,1H3,(H,13,14)/t8-,11?/m0/s1. The first-order chi connectivity index (χ1) is 6.55. The zero-order chi connectivity index (χ0) is 10.3. The summed E-state index contributed by atoms with van der Waals surface area (Å²) >= 11 is 3.46. The third kappa shape index (κ3) is 1.36. The predicted octanol–water partition coefficient (Wildman–Crippen LogP) is 2.81. The molecule has 2 nitrogen and oxygen atoms in total. The molecule has 1 fully saturated rings. The Morgan fingerprint density at radius 1 is 1.57 bits per heavy atom. The summed E-state index contributed by atoms with van der Waals surface area (Å²) in [5, 5.41) is 8.93. The molecular weight excluding hydrogens is 244 g/mol. The Morgan fingerprint density at radius 3 is 2.71 bits per heavy atom. The van der Waals surface area contributed by atoms with E-state index in [1.54, 1.807) is 0 Å². The summed E-state index contributed by atoms with van der Waals surface area (Å²) in [6, 6.07) is 7.84. The molecule has 14 heavy (non-hydrogen) atoms. The van der Waals surface area contributed by atoms with Gasteiger partial charge in [0.1, 0.15) is 0 Å². The van der Waals surface area contributed by atoms with Crippen molar-refractivity contribution in [1.82, 2.24) is 0 Å². The van der Waals surface area contributed by atoms with Crippen molar-refractivity contribution in [2.75, 3.05) is 0 Å². The molecule has 1 aromatic rings. The van der Waals surface area contributed by atoms with Crippen molar-refractivity contribution in [3.63, 3.8) is 0 Å². The lowest BCUT2D eigenvalue weighted by Gasteiger charge is -2.11. The second-order valence-corrected chi connectivity index (χ2v) is 4.85. The molecular formula is C11H11BrO2. The molecule has 3 heteroatoms. The summed E-state index contributed by atoms with van der Waals surface area (Å²) < 4.78 is 1.01. The van der Waals surface area contributed by atoms with Crippen LogP contribution in [0.4, 0.5) is 0 Å².